The van der Waals surface area contributed by atoms with Gasteiger partial charge in [0.15, 0.2) is 23.2 Å². The molecule has 178 valence electrons. The molecule has 32 heavy (non-hydrogen) atoms. The van der Waals surface area contributed by atoms with Crippen LogP contribution in [0, 0.1) is 0 Å². The second-order valence-electron chi connectivity index (χ2n) is 7.78. The van der Waals surface area contributed by atoms with Crippen molar-refractivity contribution in [3.8, 4) is 11.5 Å². The topological polar surface area (TPSA) is 84.2 Å². The molecule has 0 spiro atoms. The Labute approximate surface area is 192 Å². The van der Waals surface area contributed by atoms with Gasteiger partial charge in [-0.05, 0) is 43.6 Å². The molecule has 2 aromatic rings. The molecule has 0 aliphatic carbocycles. The van der Waals surface area contributed by atoms with Crippen LogP contribution in [-0.2, 0) is 13.1 Å². The molecule has 8 heteroatoms. The number of hydrogen-bond donors (Lipinski definition) is 2. The molecule has 0 saturated heterocycles. The predicted octanol–water partition coefficient (Wildman–Crippen LogP) is 3.78. The van der Waals surface area contributed by atoms with Crippen LogP contribution in [0.15, 0.2) is 33.8 Å². The highest BCUT2D eigenvalue weighted by Gasteiger charge is 2.09. The lowest BCUT2D eigenvalue weighted by molar-refractivity contribution is 0.217. The first kappa shape index (κ1) is 25.5. The van der Waals surface area contributed by atoms with E-state index in [1.807, 2.05) is 31.2 Å². The summed E-state index contributed by atoms with van der Waals surface area (Å²) in [6.45, 7) is 15.9. The van der Waals surface area contributed by atoms with E-state index in [1.165, 1.54) is 0 Å². The largest absolute Gasteiger partial charge is 0.493 e. The summed E-state index contributed by atoms with van der Waals surface area (Å²) >= 11 is 0. The zero-order valence-corrected chi connectivity index (χ0v) is 20.4. The van der Waals surface area contributed by atoms with Crippen molar-refractivity contribution in [2.75, 3.05) is 39.9 Å². The highest BCUT2D eigenvalue weighted by Crippen LogP contribution is 2.28. The van der Waals surface area contributed by atoms with Crippen LogP contribution in [0.2, 0.25) is 0 Å². The van der Waals surface area contributed by atoms with E-state index < -0.39 is 0 Å². The highest BCUT2D eigenvalue weighted by molar-refractivity contribution is 5.79. The third-order valence-corrected chi connectivity index (χ3v) is 5.15. The molecule has 0 aliphatic rings. The Morgan fingerprint density at radius 1 is 1.12 bits per heavy atom. The van der Waals surface area contributed by atoms with E-state index in [-0.39, 0.29) is 0 Å². The van der Waals surface area contributed by atoms with Crippen molar-refractivity contribution in [3.63, 3.8) is 0 Å². The van der Waals surface area contributed by atoms with Crippen LogP contribution in [0.3, 0.4) is 0 Å². The van der Waals surface area contributed by atoms with Crippen molar-refractivity contribution in [3.05, 3.63) is 41.3 Å². The van der Waals surface area contributed by atoms with Gasteiger partial charge in [0.1, 0.15) is 6.61 Å². The van der Waals surface area contributed by atoms with E-state index in [0.29, 0.717) is 31.6 Å². The molecule has 0 bridgehead atoms. The number of nitrogens with one attached hydrogen (secondary N) is 2. The smallest absolute Gasteiger partial charge is 0.191 e. The Hall–Kier alpha value is -2.74. The van der Waals surface area contributed by atoms with Crippen LogP contribution in [0.5, 0.6) is 11.5 Å². The fourth-order valence-corrected chi connectivity index (χ4v) is 3.12. The van der Waals surface area contributed by atoms with Gasteiger partial charge in [0, 0.05) is 19.2 Å². The quantitative estimate of drug-likeness (QED) is 0.358. The van der Waals surface area contributed by atoms with Crippen LogP contribution < -0.4 is 20.1 Å². The molecule has 0 fully saturated rings. The number of benzene rings is 1. The first-order valence-electron chi connectivity index (χ1n) is 11.5. The Balaban J connectivity index is 1.96. The van der Waals surface area contributed by atoms with Gasteiger partial charge in [0.2, 0.25) is 0 Å². The minimum Gasteiger partial charge on any atom is -0.493 e. The normalized spacial score (nSPS) is 11.8. The molecule has 2 rings (SSSR count). The van der Waals surface area contributed by atoms with Crippen molar-refractivity contribution in [2.24, 2.45) is 4.99 Å². The Kier molecular flexibility index (Phi) is 10.9. The monoisotopic (exact) mass is 445 g/mol. The van der Waals surface area contributed by atoms with Crippen LogP contribution in [0.1, 0.15) is 57.6 Å². The second kappa shape index (κ2) is 13.6. The van der Waals surface area contributed by atoms with Crippen molar-refractivity contribution >= 4 is 5.96 Å². The summed E-state index contributed by atoms with van der Waals surface area (Å²) in [5.41, 5.74) is 1.99. The van der Waals surface area contributed by atoms with E-state index in [4.69, 9.17) is 14.0 Å². The van der Waals surface area contributed by atoms with Gasteiger partial charge in [-0.25, -0.2) is 4.99 Å². The van der Waals surface area contributed by atoms with Gasteiger partial charge in [-0.2, -0.15) is 0 Å². The number of aliphatic imine (C=N–C) groups is 1. The number of guanidine groups is 1. The lowest BCUT2D eigenvalue weighted by Crippen LogP contribution is -2.36. The summed E-state index contributed by atoms with van der Waals surface area (Å²) < 4.78 is 16.9. The minimum absolute atomic E-state index is 0.341. The molecule has 0 saturated carbocycles. The summed E-state index contributed by atoms with van der Waals surface area (Å²) in [7, 11) is 1.66. The molecule has 2 N–H and O–H groups in total. The molecule has 0 unspecified atom stereocenters. The molecular formula is C24H39N5O3. The Morgan fingerprint density at radius 2 is 1.91 bits per heavy atom. The first-order chi connectivity index (χ1) is 15.5. The average Bonchev–Trinajstić information content (AvgIpc) is 3.28. The zero-order valence-electron chi connectivity index (χ0n) is 20.4. The summed E-state index contributed by atoms with van der Waals surface area (Å²) in [4.78, 5) is 7.01. The maximum absolute atomic E-state index is 5.94. The fourth-order valence-electron chi connectivity index (χ4n) is 3.12. The fraction of sp³-hybridized carbons (Fsp3) is 0.583. The van der Waals surface area contributed by atoms with Gasteiger partial charge in [0.05, 0.1) is 25.9 Å². The van der Waals surface area contributed by atoms with Crippen LogP contribution >= 0.6 is 0 Å². The molecular weight excluding hydrogens is 406 g/mol. The molecule has 0 aliphatic heterocycles. The number of aromatic nitrogens is 1. The van der Waals surface area contributed by atoms with Crippen LogP contribution in [-0.4, -0.2) is 55.9 Å². The second-order valence-corrected chi connectivity index (χ2v) is 7.78. The third kappa shape index (κ3) is 8.07. The lowest BCUT2D eigenvalue weighted by atomic mass is 10.1. The predicted molar refractivity (Wildman–Crippen MR) is 129 cm³/mol. The van der Waals surface area contributed by atoms with E-state index in [2.05, 4.69) is 53.4 Å². The van der Waals surface area contributed by atoms with E-state index in [9.17, 15) is 0 Å². The van der Waals surface area contributed by atoms with Gasteiger partial charge in [-0.3, -0.25) is 0 Å². The maximum Gasteiger partial charge on any atom is 0.191 e. The standard InChI is InChI=1S/C24H39N5O3/c1-7-25-24(27-17-20-15-21(18(4)5)28-32-20)26-16-19-10-11-22(23(14-19)30-6)31-13-12-29(8-2)9-3/h10-11,14-15,18H,7-9,12-13,16-17H2,1-6H3,(H2,25,26,27). The van der Waals surface area contributed by atoms with Crippen molar-refractivity contribution in [1.82, 2.24) is 20.7 Å². The van der Waals surface area contributed by atoms with Crippen molar-refractivity contribution in [1.29, 1.82) is 0 Å². The third-order valence-electron chi connectivity index (χ3n) is 5.15. The number of nitrogens with zero attached hydrogens (tertiary/aromatic N) is 3. The summed E-state index contributed by atoms with van der Waals surface area (Å²) in [6, 6.07) is 7.93. The maximum atomic E-state index is 5.94. The highest BCUT2D eigenvalue weighted by atomic mass is 16.5. The minimum atomic E-state index is 0.341. The summed E-state index contributed by atoms with van der Waals surface area (Å²) in [5.74, 6) is 3.32. The summed E-state index contributed by atoms with van der Waals surface area (Å²) in [6.07, 6.45) is 0. The molecule has 8 nitrogen and oxygen atoms in total. The van der Waals surface area contributed by atoms with Gasteiger partial charge in [-0.15, -0.1) is 0 Å². The van der Waals surface area contributed by atoms with Crippen molar-refractivity contribution in [2.45, 2.75) is 53.6 Å². The number of rotatable bonds is 13. The van der Waals surface area contributed by atoms with E-state index in [0.717, 1.165) is 54.7 Å². The van der Waals surface area contributed by atoms with Gasteiger partial charge in [0.25, 0.3) is 0 Å². The Morgan fingerprint density at radius 3 is 2.53 bits per heavy atom. The Bertz CT molecular complexity index is 831. The SMILES string of the molecule is CCNC(=NCc1ccc(OCCN(CC)CC)c(OC)c1)NCc1cc(C(C)C)no1. The van der Waals surface area contributed by atoms with Crippen LogP contribution in [0.25, 0.3) is 0 Å². The first-order valence-corrected chi connectivity index (χ1v) is 11.5. The van der Waals surface area contributed by atoms with Gasteiger partial charge < -0.3 is 29.5 Å². The molecule has 0 atom stereocenters. The number of hydrogen-bond acceptors (Lipinski definition) is 6. The molecule has 0 amide bonds. The molecule has 1 aromatic heterocycles. The van der Waals surface area contributed by atoms with E-state index >= 15 is 0 Å². The average molecular weight is 446 g/mol. The molecule has 1 heterocycles. The van der Waals surface area contributed by atoms with Gasteiger partial charge in [-0.1, -0.05) is 38.9 Å². The molecule has 1 aromatic carbocycles. The van der Waals surface area contributed by atoms with Gasteiger partial charge >= 0.3 is 0 Å². The van der Waals surface area contributed by atoms with E-state index in [1.54, 1.807) is 7.11 Å². The molecule has 0 radical (unpaired) electrons. The summed E-state index contributed by atoms with van der Waals surface area (Å²) in [5, 5.41) is 10.6. The lowest BCUT2D eigenvalue weighted by Gasteiger charge is -2.19. The number of ether oxygens (including phenoxy) is 2. The van der Waals surface area contributed by atoms with Crippen molar-refractivity contribution < 1.29 is 14.0 Å². The zero-order chi connectivity index (χ0) is 23.3. The number of likely N-dealkylation sites (N-methyl/N-ethyl adjacent to an activating group) is 1. The number of methoxy groups -OCH3 is 1. The van der Waals surface area contributed by atoms with Crippen LogP contribution in [0.4, 0.5) is 0 Å².